The Hall–Kier alpha value is -2.27. The molecule has 0 spiro atoms. The zero-order chi connectivity index (χ0) is 31.5. The summed E-state index contributed by atoms with van der Waals surface area (Å²) in [7, 11) is -2.61. The van der Waals surface area contributed by atoms with Gasteiger partial charge in [-0.05, 0) is 70.8 Å². The topological polar surface area (TPSA) is 90.0 Å². The van der Waals surface area contributed by atoms with Crippen LogP contribution in [0.25, 0.3) is 0 Å². The summed E-state index contributed by atoms with van der Waals surface area (Å²) in [4.78, 5) is 30.4. The smallest absolute Gasteiger partial charge is 0.339 e. The Balaban J connectivity index is 1.78. The van der Waals surface area contributed by atoms with E-state index in [9.17, 15) is 18.0 Å². The maximum absolute atomic E-state index is 14.1. The zero-order valence-corrected chi connectivity index (χ0v) is 29.3. The highest BCUT2D eigenvalue weighted by Gasteiger charge is 2.50. The molecular formula is C33H37Br2NO6S. The van der Waals surface area contributed by atoms with Gasteiger partial charge in [-0.15, -0.1) is 0 Å². The number of ether oxygens (including phenoxy) is 1. The molecular weight excluding hydrogens is 698 g/mol. The number of hydrogen-bond acceptors (Lipinski definition) is 7. The van der Waals surface area contributed by atoms with Gasteiger partial charge in [-0.3, -0.25) is 9.59 Å². The number of carbonyl (C=O) groups is 2. The summed E-state index contributed by atoms with van der Waals surface area (Å²) < 4.78 is 39.6. The molecule has 3 aliphatic rings. The fourth-order valence-corrected chi connectivity index (χ4v) is 8.97. The quantitative estimate of drug-likeness (QED) is 0.271. The largest absolute Gasteiger partial charge is 0.383 e. The fraction of sp³-hybridized carbons (Fsp3) is 0.455. The summed E-state index contributed by atoms with van der Waals surface area (Å²) in [5.74, 6) is -0.821. The minimum absolute atomic E-state index is 0.0130. The molecule has 7 nitrogen and oxygen atoms in total. The monoisotopic (exact) mass is 733 g/mol. The summed E-state index contributed by atoms with van der Waals surface area (Å²) in [5, 5.41) is 0. The summed E-state index contributed by atoms with van der Waals surface area (Å²) >= 11 is 7.11. The molecule has 0 saturated carbocycles. The van der Waals surface area contributed by atoms with Gasteiger partial charge in [-0.2, -0.15) is 8.42 Å². The van der Waals surface area contributed by atoms with Crippen LogP contribution >= 0.6 is 31.9 Å². The summed E-state index contributed by atoms with van der Waals surface area (Å²) in [6.07, 6.45) is 1.89. The van der Waals surface area contributed by atoms with E-state index in [2.05, 4.69) is 64.5 Å². The van der Waals surface area contributed by atoms with Crippen LogP contribution in [0.1, 0.15) is 70.4 Å². The molecule has 2 aromatic rings. The van der Waals surface area contributed by atoms with E-state index < -0.39 is 16.0 Å². The standard InChI is InChI=1S/C33H37Br2NO6S/c1-19-7-9-21(10-8-19)43(39,40)42-31-22(13-20(34)14-23(31)35)28-29-24(15-32(2,3)17-26(29)37)36(11-12-41-6)25-16-33(4,5)18-27(38)30(25)28/h7-10,13-14,28H,11-12,15-18H2,1-6H3. The molecule has 0 unspecified atom stereocenters. The van der Waals surface area contributed by atoms with Gasteiger partial charge in [0.05, 0.1) is 11.1 Å². The highest BCUT2D eigenvalue weighted by Crippen LogP contribution is 2.56. The molecule has 0 atom stereocenters. The van der Waals surface area contributed by atoms with Crippen molar-refractivity contribution in [2.75, 3.05) is 20.3 Å². The molecule has 10 heteroatoms. The molecule has 0 fully saturated rings. The van der Waals surface area contributed by atoms with Crippen LogP contribution in [0.5, 0.6) is 5.75 Å². The molecule has 230 valence electrons. The normalized spacial score (nSPS) is 20.3. The second-order valence-electron chi connectivity index (χ2n) is 13.3. The number of Topliss-reactive ketones (excluding diaryl/α,β-unsaturated/α-hetero) is 2. The van der Waals surface area contributed by atoms with Crippen molar-refractivity contribution in [2.24, 2.45) is 10.8 Å². The van der Waals surface area contributed by atoms with Crippen LogP contribution in [0.3, 0.4) is 0 Å². The van der Waals surface area contributed by atoms with E-state index in [4.69, 9.17) is 8.92 Å². The SMILES string of the molecule is COCCN1C2=C(C(=O)CC(C)(C)C2)C(c2cc(Br)cc(Br)c2OS(=O)(=O)c2ccc(C)cc2)C2=C1CC(C)(C)CC2=O. The number of hydrogen-bond donors (Lipinski definition) is 0. The van der Waals surface area contributed by atoms with Crippen LogP contribution in [0.2, 0.25) is 0 Å². The molecule has 0 saturated heterocycles. The van der Waals surface area contributed by atoms with E-state index in [0.29, 0.717) is 64.5 Å². The lowest BCUT2D eigenvalue weighted by Crippen LogP contribution is -2.45. The number of halogens is 2. The average Bonchev–Trinajstić information content (AvgIpc) is 2.87. The lowest BCUT2D eigenvalue weighted by Gasteiger charge is -2.49. The Labute approximate surface area is 271 Å². The van der Waals surface area contributed by atoms with Gasteiger partial charge >= 0.3 is 10.1 Å². The van der Waals surface area contributed by atoms with Gasteiger partial charge < -0.3 is 13.8 Å². The lowest BCUT2D eigenvalue weighted by molar-refractivity contribution is -0.119. The third-order valence-electron chi connectivity index (χ3n) is 8.39. The fourth-order valence-electron chi connectivity index (χ4n) is 6.56. The average molecular weight is 736 g/mol. The predicted molar refractivity (Wildman–Crippen MR) is 172 cm³/mol. The molecule has 0 bridgehead atoms. The van der Waals surface area contributed by atoms with Gasteiger partial charge in [0.15, 0.2) is 17.3 Å². The van der Waals surface area contributed by atoms with E-state index in [-0.39, 0.29) is 33.0 Å². The van der Waals surface area contributed by atoms with Gasteiger partial charge in [0.2, 0.25) is 0 Å². The second-order valence-corrected chi connectivity index (χ2v) is 16.7. The molecule has 43 heavy (non-hydrogen) atoms. The predicted octanol–water partition coefficient (Wildman–Crippen LogP) is 7.62. The minimum atomic E-state index is -4.25. The minimum Gasteiger partial charge on any atom is -0.383 e. The zero-order valence-electron chi connectivity index (χ0n) is 25.3. The summed E-state index contributed by atoms with van der Waals surface area (Å²) in [5.41, 5.74) is 3.60. The Morgan fingerprint density at radius 1 is 0.884 bits per heavy atom. The van der Waals surface area contributed by atoms with E-state index in [1.807, 2.05) is 6.92 Å². The van der Waals surface area contributed by atoms with Gasteiger partial charge in [-0.25, -0.2) is 0 Å². The van der Waals surface area contributed by atoms with Gasteiger partial charge in [0.1, 0.15) is 4.90 Å². The molecule has 2 aliphatic carbocycles. The maximum atomic E-state index is 14.1. The van der Waals surface area contributed by atoms with Crippen molar-refractivity contribution in [1.82, 2.24) is 4.90 Å². The molecule has 0 radical (unpaired) electrons. The van der Waals surface area contributed by atoms with E-state index in [1.165, 1.54) is 12.1 Å². The Bertz CT molecular complexity index is 1620. The highest BCUT2D eigenvalue weighted by molar-refractivity contribution is 9.11. The summed E-state index contributed by atoms with van der Waals surface area (Å²) in [6, 6.07) is 9.92. The lowest BCUT2D eigenvalue weighted by atomic mass is 9.63. The first kappa shape index (κ1) is 32.1. The van der Waals surface area contributed by atoms with Crippen molar-refractivity contribution < 1.29 is 26.9 Å². The van der Waals surface area contributed by atoms with Crippen LogP contribution in [0.15, 0.2) is 72.8 Å². The molecule has 0 aromatic heterocycles. The molecule has 1 aliphatic heterocycles. The Morgan fingerprint density at radius 3 is 1.93 bits per heavy atom. The number of nitrogens with zero attached hydrogens (tertiary/aromatic N) is 1. The van der Waals surface area contributed by atoms with Gasteiger partial charge in [0.25, 0.3) is 0 Å². The number of benzene rings is 2. The first-order chi connectivity index (χ1) is 20.0. The van der Waals surface area contributed by atoms with Crippen molar-refractivity contribution >= 4 is 53.5 Å². The number of ketones is 2. The van der Waals surface area contributed by atoms with Crippen LogP contribution < -0.4 is 4.18 Å². The van der Waals surface area contributed by atoms with Crippen molar-refractivity contribution in [2.45, 2.75) is 71.1 Å². The van der Waals surface area contributed by atoms with E-state index in [1.54, 1.807) is 31.4 Å². The van der Waals surface area contributed by atoms with Gasteiger partial charge in [-0.1, -0.05) is 61.3 Å². The molecule has 2 aromatic carbocycles. The van der Waals surface area contributed by atoms with Gasteiger partial charge in [0, 0.05) is 65.0 Å². The van der Waals surface area contributed by atoms with Crippen molar-refractivity contribution in [3.05, 3.63) is 79.0 Å². The highest BCUT2D eigenvalue weighted by atomic mass is 79.9. The second kappa shape index (κ2) is 11.6. The van der Waals surface area contributed by atoms with Crippen LogP contribution in [-0.2, 0) is 24.4 Å². The number of rotatable bonds is 7. The molecule has 0 N–H and O–H groups in total. The summed E-state index contributed by atoms with van der Waals surface area (Å²) in [6.45, 7) is 11.1. The van der Waals surface area contributed by atoms with Crippen LogP contribution in [0, 0.1) is 17.8 Å². The number of aryl methyl sites for hydroxylation is 1. The third-order valence-corrected chi connectivity index (χ3v) is 10.7. The van der Waals surface area contributed by atoms with E-state index in [0.717, 1.165) is 17.0 Å². The Morgan fingerprint density at radius 2 is 1.42 bits per heavy atom. The first-order valence-corrected chi connectivity index (χ1v) is 17.3. The number of carbonyl (C=O) groups excluding carboxylic acids is 2. The Kier molecular flexibility index (Phi) is 8.66. The first-order valence-electron chi connectivity index (χ1n) is 14.3. The molecule has 0 amide bonds. The van der Waals surface area contributed by atoms with Crippen molar-refractivity contribution in [3.8, 4) is 5.75 Å². The number of allylic oxidation sites excluding steroid dienone is 4. The molecule has 5 rings (SSSR count). The van der Waals surface area contributed by atoms with Crippen LogP contribution in [-0.4, -0.2) is 45.1 Å². The van der Waals surface area contributed by atoms with E-state index >= 15 is 0 Å². The molecule has 1 heterocycles. The van der Waals surface area contributed by atoms with Crippen LogP contribution in [0.4, 0.5) is 0 Å². The maximum Gasteiger partial charge on any atom is 0.339 e. The van der Waals surface area contributed by atoms with Crippen molar-refractivity contribution in [1.29, 1.82) is 0 Å². The number of methoxy groups -OCH3 is 1. The third kappa shape index (κ3) is 6.30. The van der Waals surface area contributed by atoms with Crippen molar-refractivity contribution in [3.63, 3.8) is 0 Å².